The maximum Gasteiger partial charge on any atom is 0.272 e. The van der Waals surface area contributed by atoms with E-state index < -0.39 is 16.0 Å². The van der Waals surface area contributed by atoms with E-state index in [9.17, 15) is 9.90 Å². The van der Waals surface area contributed by atoms with Gasteiger partial charge in [-0.25, -0.2) is 0 Å². The molecule has 9 heteroatoms. The van der Waals surface area contributed by atoms with Gasteiger partial charge in [-0.05, 0) is 34.9 Å². The summed E-state index contributed by atoms with van der Waals surface area (Å²) in [4.78, 5) is 14.2. The van der Waals surface area contributed by atoms with E-state index in [1.165, 1.54) is 0 Å². The number of carbonyl (C=O) groups is 1. The molecule has 1 fully saturated rings. The van der Waals surface area contributed by atoms with E-state index in [1.54, 1.807) is 0 Å². The normalized spacial score (nSPS) is 19.4. The highest BCUT2D eigenvalue weighted by Gasteiger charge is 2.33. The van der Waals surface area contributed by atoms with Crippen molar-refractivity contribution in [2.24, 2.45) is 0 Å². The van der Waals surface area contributed by atoms with Crippen LogP contribution in [0.2, 0.25) is 0 Å². The number of halogens is 3. The van der Waals surface area contributed by atoms with Crippen LogP contribution >= 0.6 is 34.8 Å². The van der Waals surface area contributed by atoms with E-state index in [0.29, 0.717) is 6.42 Å². The molecule has 0 bridgehead atoms. The largest absolute Gasteiger partial charge is 0.392 e. The number of hydrogen-bond acceptors (Lipinski definition) is 5. The lowest BCUT2D eigenvalue weighted by atomic mass is 9.97. The van der Waals surface area contributed by atoms with Crippen LogP contribution in [0.4, 0.5) is 0 Å². The summed E-state index contributed by atoms with van der Waals surface area (Å²) >= 11 is 17.1. The van der Waals surface area contributed by atoms with Gasteiger partial charge in [0.15, 0.2) is 6.29 Å². The van der Waals surface area contributed by atoms with Crippen LogP contribution in [0.5, 0.6) is 0 Å². The molecule has 40 heavy (non-hydrogen) atoms. The first-order chi connectivity index (χ1) is 19.2. The number of ether oxygens (including phenoxy) is 2. The monoisotopic (exact) mass is 602 g/mol. The Morgan fingerprint density at radius 3 is 2.38 bits per heavy atom. The average molecular weight is 604 g/mol. The Balaban J connectivity index is 1.54. The maximum absolute atomic E-state index is 12.0. The third-order valence-electron chi connectivity index (χ3n) is 6.78. The van der Waals surface area contributed by atoms with Crippen LogP contribution in [0.15, 0.2) is 85.5 Å². The Bertz CT molecular complexity index is 1280. The Morgan fingerprint density at radius 1 is 1.05 bits per heavy atom. The van der Waals surface area contributed by atoms with Crippen LogP contribution in [0, 0.1) is 0 Å². The van der Waals surface area contributed by atoms with Crippen molar-refractivity contribution in [2.75, 3.05) is 20.1 Å². The molecule has 0 aliphatic carbocycles. The van der Waals surface area contributed by atoms with Crippen LogP contribution < -0.4 is 5.32 Å². The quantitative estimate of drug-likeness (QED) is 0.205. The van der Waals surface area contributed by atoms with Gasteiger partial charge in [0.2, 0.25) is 0 Å². The molecule has 0 unspecified atom stereocenters. The number of benzene rings is 3. The van der Waals surface area contributed by atoms with Gasteiger partial charge in [-0.1, -0.05) is 114 Å². The standard InChI is InChI=1S/C31H33Cl3N2O4/c1-3-16-36(2)19-26-17-28(23-10-8-21(20-37)9-11-23)40-29(39-26)24-14-12-22(13-15-24)27-7-5-4-6-25(27)18-35-30(38)31(32,33)34/h3-15,26,28-29,37H,1,16-20H2,2H3,(H,35,38)/t26-,28+,29+/m1/s1. The lowest BCUT2D eigenvalue weighted by molar-refractivity contribution is -0.252. The summed E-state index contributed by atoms with van der Waals surface area (Å²) in [5.41, 5.74) is 5.62. The van der Waals surface area contributed by atoms with Gasteiger partial charge >= 0.3 is 0 Å². The minimum absolute atomic E-state index is 0.00126. The van der Waals surface area contributed by atoms with Crippen molar-refractivity contribution in [1.82, 2.24) is 10.2 Å². The van der Waals surface area contributed by atoms with Gasteiger partial charge in [-0.3, -0.25) is 4.79 Å². The SMILES string of the molecule is C=CCN(C)C[C@H]1C[C@@H](c2ccc(CO)cc2)O[C@@H](c2ccc(-c3ccccc3CNC(=O)C(Cl)(Cl)Cl)cc2)O1. The maximum atomic E-state index is 12.0. The summed E-state index contributed by atoms with van der Waals surface area (Å²) in [5, 5.41) is 12.1. The first-order valence-corrected chi connectivity index (χ1v) is 14.1. The molecule has 0 saturated carbocycles. The molecule has 3 aromatic rings. The fraction of sp³-hybridized carbons (Fsp3) is 0.323. The van der Waals surface area contributed by atoms with Crippen molar-refractivity contribution >= 4 is 40.7 Å². The minimum atomic E-state index is -2.02. The Morgan fingerprint density at radius 2 is 1.73 bits per heavy atom. The summed E-state index contributed by atoms with van der Waals surface area (Å²) in [6, 6.07) is 23.6. The number of likely N-dealkylation sites (N-methyl/N-ethyl adjacent to an activating group) is 1. The van der Waals surface area contributed by atoms with Crippen LogP contribution in [0.3, 0.4) is 0 Å². The third-order valence-corrected chi connectivity index (χ3v) is 7.29. The van der Waals surface area contributed by atoms with Crippen molar-refractivity contribution in [1.29, 1.82) is 0 Å². The molecular formula is C31H33Cl3N2O4. The minimum Gasteiger partial charge on any atom is -0.392 e. The first-order valence-electron chi connectivity index (χ1n) is 13.0. The van der Waals surface area contributed by atoms with Gasteiger partial charge in [0.1, 0.15) is 0 Å². The van der Waals surface area contributed by atoms with Crippen molar-refractivity contribution in [3.63, 3.8) is 0 Å². The van der Waals surface area contributed by atoms with E-state index in [-0.39, 0.29) is 25.4 Å². The highest BCUT2D eigenvalue weighted by Crippen LogP contribution is 2.39. The Hall–Kier alpha value is -2.42. The summed E-state index contributed by atoms with van der Waals surface area (Å²) < 4.78 is 10.9. The smallest absolute Gasteiger partial charge is 0.272 e. The predicted octanol–water partition coefficient (Wildman–Crippen LogP) is 6.50. The number of amides is 1. The second-order valence-corrected chi connectivity index (χ2v) is 12.1. The molecule has 1 amide bonds. The molecule has 0 radical (unpaired) electrons. The molecule has 0 aromatic heterocycles. The van der Waals surface area contributed by atoms with E-state index in [1.807, 2.05) is 85.9 Å². The zero-order chi connectivity index (χ0) is 28.7. The van der Waals surface area contributed by atoms with Crippen LogP contribution in [-0.4, -0.2) is 45.9 Å². The molecule has 1 saturated heterocycles. The number of hydrogen-bond donors (Lipinski definition) is 2. The molecule has 3 aromatic carbocycles. The van der Waals surface area contributed by atoms with E-state index >= 15 is 0 Å². The van der Waals surface area contributed by atoms with Crippen molar-refractivity contribution in [3.8, 4) is 11.1 Å². The molecule has 6 nitrogen and oxygen atoms in total. The lowest BCUT2D eigenvalue weighted by Gasteiger charge is -2.37. The molecule has 2 N–H and O–H groups in total. The third kappa shape index (κ3) is 8.08. The second kappa shape index (κ2) is 14.0. The number of aliphatic hydroxyl groups excluding tert-OH is 1. The molecule has 0 spiro atoms. The summed E-state index contributed by atoms with van der Waals surface area (Å²) in [6.07, 6.45) is 1.83. The van der Waals surface area contributed by atoms with Gasteiger partial charge < -0.3 is 24.8 Å². The number of carbonyl (C=O) groups excluding carboxylic acids is 1. The fourth-order valence-corrected chi connectivity index (χ4v) is 4.93. The molecule has 1 aliphatic rings. The van der Waals surface area contributed by atoms with E-state index in [4.69, 9.17) is 44.3 Å². The fourth-order valence-electron chi connectivity index (χ4n) is 4.73. The Kier molecular flexibility index (Phi) is 10.7. The van der Waals surface area contributed by atoms with Crippen molar-refractivity contribution < 1.29 is 19.4 Å². The van der Waals surface area contributed by atoms with E-state index in [2.05, 4.69) is 16.8 Å². The Labute approximate surface area is 250 Å². The number of rotatable bonds is 10. The van der Waals surface area contributed by atoms with Gasteiger partial charge in [-0.2, -0.15) is 0 Å². The number of aliphatic hydroxyl groups is 1. The molecule has 1 aliphatic heterocycles. The van der Waals surface area contributed by atoms with Crippen LogP contribution in [-0.2, 0) is 27.4 Å². The number of nitrogens with one attached hydrogen (secondary N) is 1. The number of alkyl halides is 3. The van der Waals surface area contributed by atoms with Crippen LogP contribution in [0.25, 0.3) is 11.1 Å². The highest BCUT2D eigenvalue weighted by molar-refractivity contribution is 6.76. The van der Waals surface area contributed by atoms with Gasteiger partial charge in [-0.15, -0.1) is 6.58 Å². The highest BCUT2D eigenvalue weighted by atomic mass is 35.6. The molecule has 212 valence electrons. The topological polar surface area (TPSA) is 71.0 Å². The summed E-state index contributed by atoms with van der Waals surface area (Å²) in [7, 11) is 2.04. The summed E-state index contributed by atoms with van der Waals surface area (Å²) in [6.45, 7) is 5.56. The van der Waals surface area contributed by atoms with Gasteiger partial charge in [0, 0.05) is 31.6 Å². The molecule has 1 heterocycles. The number of nitrogens with zero attached hydrogens (tertiary/aromatic N) is 1. The van der Waals surface area contributed by atoms with E-state index in [0.717, 1.165) is 46.5 Å². The molecule has 4 rings (SSSR count). The zero-order valence-corrected chi connectivity index (χ0v) is 24.5. The van der Waals surface area contributed by atoms with Crippen molar-refractivity contribution in [3.05, 3.63) is 108 Å². The zero-order valence-electron chi connectivity index (χ0n) is 22.2. The lowest BCUT2D eigenvalue weighted by Crippen LogP contribution is -2.37. The van der Waals surface area contributed by atoms with Crippen LogP contribution in [0.1, 0.15) is 41.1 Å². The second-order valence-electron chi connectivity index (χ2n) is 9.82. The molecular weight excluding hydrogens is 571 g/mol. The first kappa shape index (κ1) is 30.5. The van der Waals surface area contributed by atoms with Gasteiger partial charge in [0.05, 0.1) is 18.8 Å². The molecule has 3 atom stereocenters. The average Bonchev–Trinajstić information content (AvgIpc) is 2.95. The predicted molar refractivity (Wildman–Crippen MR) is 160 cm³/mol. The van der Waals surface area contributed by atoms with Crippen molar-refractivity contribution in [2.45, 2.75) is 41.9 Å². The van der Waals surface area contributed by atoms with Gasteiger partial charge in [0.25, 0.3) is 9.70 Å². The summed E-state index contributed by atoms with van der Waals surface area (Å²) in [5.74, 6) is -0.678.